The summed E-state index contributed by atoms with van der Waals surface area (Å²) in [4.78, 5) is 39.5. The van der Waals surface area contributed by atoms with Gasteiger partial charge in [-0.25, -0.2) is 0 Å². The maximum absolute atomic E-state index is 11.0. The molecule has 0 atom stereocenters. The first-order chi connectivity index (χ1) is 9.90. The van der Waals surface area contributed by atoms with Crippen molar-refractivity contribution in [1.29, 1.82) is 0 Å². The predicted molar refractivity (Wildman–Crippen MR) is 70.2 cm³/mol. The fourth-order valence-corrected chi connectivity index (χ4v) is 1.63. The fraction of sp³-hybridized carbons (Fsp3) is 0.300. The highest BCUT2D eigenvalue weighted by molar-refractivity contribution is 5.78. The Kier molecular flexibility index (Phi) is 5.23. The molecule has 0 amide bonds. The van der Waals surface area contributed by atoms with E-state index in [1.54, 1.807) is 0 Å². The number of unbranched alkanes of at least 4 members (excludes halogenated alkanes) is 1. The molecule has 1 rings (SSSR count). The number of nitro benzene ring substituents is 3. The zero-order chi connectivity index (χ0) is 16.0. The Labute approximate surface area is 117 Å². The third-order valence-electron chi connectivity index (χ3n) is 2.51. The molecule has 0 aliphatic rings. The van der Waals surface area contributed by atoms with Crippen molar-refractivity contribution < 1.29 is 19.6 Å². The van der Waals surface area contributed by atoms with E-state index in [0.717, 1.165) is 12.1 Å². The number of nitrogens with one attached hydrogen (secondary N) is 1. The van der Waals surface area contributed by atoms with Crippen LogP contribution in [0.2, 0.25) is 0 Å². The number of hydrogen-bond donors (Lipinski definition) is 1. The number of aldehydes is 1. The molecule has 0 unspecified atom stereocenters. The number of rotatable bonds is 8. The lowest BCUT2D eigenvalue weighted by Gasteiger charge is -2.06. The van der Waals surface area contributed by atoms with Gasteiger partial charge in [-0.05, 0) is 12.5 Å². The third kappa shape index (κ3) is 3.68. The number of anilines is 1. The van der Waals surface area contributed by atoms with Crippen LogP contribution < -0.4 is 5.32 Å². The predicted octanol–water partition coefficient (Wildman–Crippen LogP) is 1.80. The molecular weight excluding hydrogens is 288 g/mol. The summed E-state index contributed by atoms with van der Waals surface area (Å²) in [7, 11) is 0. The molecule has 0 radical (unpaired) electrons. The van der Waals surface area contributed by atoms with Gasteiger partial charge in [0.05, 0.1) is 14.8 Å². The van der Waals surface area contributed by atoms with Gasteiger partial charge in [0.15, 0.2) is 0 Å². The Morgan fingerprint density at radius 3 is 2.10 bits per heavy atom. The van der Waals surface area contributed by atoms with Gasteiger partial charge in [-0.2, -0.15) is 0 Å². The van der Waals surface area contributed by atoms with Crippen LogP contribution >= 0.6 is 0 Å². The number of nitro groups is 3. The number of carbonyl (C=O) groups is 1. The minimum absolute atomic E-state index is 0.161. The Balaban J connectivity index is 3.29. The lowest BCUT2D eigenvalue weighted by atomic mass is 10.2. The molecule has 0 aliphatic carbocycles. The molecule has 11 nitrogen and oxygen atoms in total. The molecule has 1 aromatic rings. The summed E-state index contributed by atoms with van der Waals surface area (Å²) in [5, 5.41) is 35.2. The molecule has 0 fully saturated rings. The van der Waals surface area contributed by atoms with E-state index in [1.807, 2.05) is 0 Å². The second-order valence-corrected chi connectivity index (χ2v) is 3.84. The highest BCUT2D eigenvalue weighted by atomic mass is 16.6. The molecule has 1 aromatic carbocycles. The van der Waals surface area contributed by atoms with Crippen LogP contribution in [0.25, 0.3) is 0 Å². The van der Waals surface area contributed by atoms with Crippen molar-refractivity contribution in [3.05, 3.63) is 42.5 Å². The van der Waals surface area contributed by atoms with Crippen molar-refractivity contribution in [1.82, 2.24) is 0 Å². The SMILES string of the molecule is O=CCCCNc1ccc([N+](=O)[O-])c([N+](=O)[O-])c1[N+](=O)[O-]. The molecular formula is C10H10N4O7. The second kappa shape index (κ2) is 6.88. The van der Waals surface area contributed by atoms with E-state index in [1.165, 1.54) is 0 Å². The van der Waals surface area contributed by atoms with Gasteiger partial charge in [0.1, 0.15) is 12.0 Å². The van der Waals surface area contributed by atoms with Gasteiger partial charge in [0.25, 0.3) is 0 Å². The minimum Gasteiger partial charge on any atom is -0.379 e. The first-order valence-electron chi connectivity index (χ1n) is 5.67. The Bertz CT molecular complexity index is 601. The van der Waals surface area contributed by atoms with Crippen LogP contribution in [0.15, 0.2) is 12.1 Å². The van der Waals surface area contributed by atoms with Crippen LogP contribution in [0.4, 0.5) is 22.7 Å². The van der Waals surface area contributed by atoms with Crippen molar-refractivity contribution in [3.63, 3.8) is 0 Å². The molecule has 0 saturated carbocycles. The van der Waals surface area contributed by atoms with Crippen molar-refractivity contribution in [2.45, 2.75) is 12.8 Å². The average molecular weight is 298 g/mol. The van der Waals surface area contributed by atoms with Crippen LogP contribution in [0.1, 0.15) is 12.8 Å². The van der Waals surface area contributed by atoms with Gasteiger partial charge in [0, 0.05) is 19.0 Å². The van der Waals surface area contributed by atoms with Gasteiger partial charge in [-0.15, -0.1) is 0 Å². The Morgan fingerprint density at radius 1 is 1.00 bits per heavy atom. The van der Waals surface area contributed by atoms with E-state index in [9.17, 15) is 35.1 Å². The normalized spacial score (nSPS) is 9.90. The summed E-state index contributed by atoms with van der Waals surface area (Å²) in [6.45, 7) is 0.161. The van der Waals surface area contributed by atoms with E-state index in [-0.39, 0.29) is 18.7 Å². The molecule has 0 aliphatic heterocycles. The van der Waals surface area contributed by atoms with Crippen LogP contribution in [-0.2, 0) is 4.79 Å². The van der Waals surface area contributed by atoms with E-state index in [2.05, 4.69) is 5.32 Å². The summed E-state index contributed by atoms with van der Waals surface area (Å²) in [5.41, 5.74) is -3.31. The van der Waals surface area contributed by atoms with Crippen LogP contribution in [0, 0.1) is 30.3 Å². The number of nitrogens with zero attached hydrogens (tertiary/aromatic N) is 3. The van der Waals surface area contributed by atoms with Crippen molar-refractivity contribution >= 4 is 29.0 Å². The van der Waals surface area contributed by atoms with Gasteiger partial charge in [-0.3, -0.25) is 30.3 Å². The van der Waals surface area contributed by atoms with E-state index >= 15 is 0 Å². The topological polar surface area (TPSA) is 159 Å². The standard InChI is InChI=1S/C10H10N4O7/c15-6-2-1-5-11-7-3-4-8(12(16)17)10(14(20)21)9(7)13(18)19/h3-4,6,11H,1-2,5H2. The van der Waals surface area contributed by atoms with Crippen LogP contribution in [-0.4, -0.2) is 27.6 Å². The molecule has 0 aromatic heterocycles. The van der Waals surface area contributed by atoms with Gasteiger partial charge in [0.2, 0.25) is 0 Å². The highest BCUT2D eigenvalue weighted by Crippen LogP contribution is 2.41. The first kappa shape index (κ1) is 15.9. The fourth-order valence-electron chi connectivity index (χ4n) is 1.63. The first-order valence-corrected chi connectivity index (χ1v) is 5.67. The quantitative estimate of drug-likeness (QED) is 0.329. The number of benzene rings is 1. The molecule has 11 heteroatoms. The van der Waals surface area contributed by atoms with E-state index in [4.69, 9.17) is 0 Å². The molecule has 1 N–H and O–H groups in total. The third-order valence-corrected chi connectivity index (χ3v) is 2.51. The maximum atomic E-state index is 11.0. The molecule has 0 bridgehead atoms. The Morgan fingerprint density at radius 2 is 1.62 bits per heavy atom. The lowest BCUT2D eigenvalue weighted by Crippen LogP contribution is -2.08. The van der Waals surface area contributed by atoms with Crippen molar-refractivity contribution in [2.24, 2.45) is 0 Å². The molecule has 21 heavy (non-hydrogen) atoms. The van der Waals surface area contributed by atoms with Gasteiger partial charge in [-0.1, -0.05) is 0 Å². The second-order valence-electron chi connectivity index (χ2n) is 3.84. The van der Waals surface area contributed by atoms with Crippen LogP contribution in [0.5, 0.6) is 0 Å². The summed E-state index contributed by atoms with van der Waals surface area (Å²) in [6.07, 6.45) is 1.25. The molecule has 0 saturated heterocycles. The lowest BCUT2D eigenvalue weighted by molar-refractivity contribution is -0.440. The van der Waals surface area contributed by atoms with Gasteiger partial charge < -0.3 is 10.1 Å². The van der Waals surface area contributed by atoms with E-state index in [0.29, 0.717) is 12.7 Å². The van der Waals surface area contributed by atoms with Crippen molar-refractivity contribution in [2.75, 3.05) is 11.9 Å². The largest absolute Gasteiger partial charge is 0.424 e. The summed E-state index contributed by atoms with van der Waals surface area (Å²) in [5.74, 6) is 0. The molecule has 0 heterocycles. The highest BCUT2D eigenvalue weighted by Gasteiger charge is 2.38. The van der Waals surface area contributed by atoms with Gasteiger partial charge >= 0.3 is 17.1 Å². The summed E-state index contributed by atoms with van der Waals surface area (Å²) < 4.78 is 0. The summed E-state index contributed by atoms with van der Waals surface area (Å²) in [6, 6.07) is 1.86. The maximum Gasteiger partial charge on any atom is 0.424 e. The number of hydrogen-bond acceptors (Lipinski definition) is 8. The monoisotopic (exact) mass is 298 g/mol. The summed E-state index contributed by atoms with van der Waals surface area (Å²) >= 11 is 0. The zero-order valence-electron chi connectivity index (χ0n) is 10.6. The Hall–Kier alpha value is -3.11. The van der Waals surface area contributed by atoms with Crippen molar-refractivity contribution in [3.8, 4) is 0 Å². The molecule has 112 valence electrons. The average Bonchev–Trinajstić information content (AvgIpc) is 2.42. The van der Waals surface area contributed by atoms with Crippen LogP contribution in [0.3, 0.4) is 0 Å². The zero-order valence-corrected chi connectivity index (χ0v) is 10.6. The molecule has 0 spiro atoms. The van der Waals surface area contributed by atoms with E-state index < -0.39 is 31.8 Å². The minimum atomic E-state index is -1.18. The number of carbonyl (C=O) groups excluding carboxylic acids is 1. The smallest absolute Gasteiger partial charge is 0.379 e.